The van der Waals surface area contributed by atoms with E-state index in [1.165, 1.54) is 0 Å². The molecule has 37 heavy (non-hydrogen) atoms. The van der Waals surface area contributed by atoms with Gasteiger partial charge in [0.25, 0.3) is 0 Å². The molecule has 2 saturated heterocycles. The fourth-order valence-electron chi connectivity index (χ4n) is 5.15. The molecule has 2 aromatic heterocycles. The predicted octanol–water partition coefficient (Wildman–Crippen LogP) is 3.13. The lowest BCUT2D eigenvalue weighted by atomic mass is 9.99. The molecule has 0 amide bonds. The summed E-state index contributed by atoms with van der Waals surface area (Å²) in [5.74, 6) is 3.69. The molecule has 0 unspecified atom stereocenters. The van der Waals surface area contributed by atoms with Gasteiger partial charge in [-0.25, -0.2) is 9.97 Å². The van der Waals surface area contributed by atoms with Crippen LogP contribution in [-0.2, 0) is 0 Å². The molecule has 1 atom stereocenters. The van der Waals surface area contributed by atoms with Crippen LogP contribution in [0.3, 0.4) is 0 Å². The number of nitrogens with one attached hydrogen (secondary N) is 2. The van der Waals surface area contributed by atoms with Gasteiger partial charge in [0.1, 0.15) is 11.6 Å². The molecular weight excluding hydrogens is 464 g/mol. The molecule has 0 radical (unpaired) electrons. The first kappa shape index (κ1) is 28.8. The van der Waals surface area contributed by atoms with E-state index in [0.29, 0.717) is 35.8 Å². The monoisotopic (exact) mass is 512 g/mol. The van der Waals surface area contributed by atoms with Crippen LogP contribution in [0.25, 0.3) is 0 Å². The van der Waals surface area contributed by atoms with Gasteiger partial charge < -0.3 is 31.9 Å². The van der Waals surface area contributed by atoms with Gasteiger partial charge in [-0.2, -0.15) is 9.97 Å². The van der Waals surface area contributed by atoms with Gasteiger partial charge in [0.2, 0.25) is 11.9 Å². The lowest BCUT2D eigenvalue weighted by Gasteiger charge is -2.40. The third-order valence-electron chi connectivity index (χ3n) is 7.84. The van der Waals surface area contributed by atoms with Gasteiger partial charge in [0, 0.05) is 62.2 Å². The largest absolute Gasteiger partial charge is 0.368 e. The lowest BCUT2D eigenvalue weighted by molar-refractivity contribution is 0.446. The molecule has 0 aliphatic carbocycles. The Labute approximate surface area is 223 Å². The van der Waals surface area contributed by atoms with E-state index in [1.54, 1.807) is 0 Å². The van der Waals surface area contributed by atoms with Crippen LogP contribution < -0.4 is 31.9 Å². The summed E-state index contributed by atoms with van der Waals surface area (Å²) >= 11 is 0. The summed E-state index contributed by atoms with van der Waals surface area (Å²) in [5, 5.41) is 6.58. The maximum Gasteiger partial charge on any atom is 0.222 e. The smallest absolute Gasteiger partial charge is 0.222 e. The summed E-state index contributed by atoms with van der Waals surface area (Å²) in [6, 6.07) is 5.33. The standard InChI is InChI=1S/C14H25N5.C13H23N5/c1-4-10(5-2)12-8-13(18-14(15)17-12)19-7-6-11(9-19)16-3;1-4-9(5-2)11-6-12(17-13(14)16-11)18-7-10(8-18)15-3/h8,10-11,16H,4-7,9H2,1-3H3,(H2,15,17,18);6,9-10,15H,4-5,7-8H2,1-3H3,(H2,14,16,17)/t11-;/m1./s1. The van der Waals surface area contributed by atoms with E-state index in [1.807, 2.05) is 14.1 Å². The minimum Gasteiger partial charge on any atom is -0.368 e. The number of likely N-dealkylation sites (N-methyl/N-ethyl adjacent to an activating group) is 2. The van der Waals surface area contributed by atoms with Crippen molar-refractivity contribution in [1.82, 2.24) is 30.6 Å². The lowest BCUT2D eigenvalue weighted by Crippen LogP contribution is -2.57. The average molecular weight is 513 g/mol. The van der Waals surface area contributed by atoms with Crippen LogP contribution in [-0.4, -0.2) is 72.3 Å². The van der Waals surface area contributed by atoms with Crippen molar-refractivity contribution in [2.75, 3.05) is 61.5 Å². The Bertz CT molecular complexity index is 970. The Morgan fingerprint density at radius 1 is 0.730 bits per heavy atom. The summed E-state index contributed by atoms with van der Waals surface area (Å²) in [7, 11) is 4.00. The van der Waals surface area contributed by atoms with Gasteiger partial charge in [0.15, 0.2) is 0 Å². The first-order valence-corrected chi connectivity index (χ1v) is 14.0. The summed E-state index contributed by atoms with van der Waals surface area (Å²) in [6.07, 6.45) is 5.51. The summed E-state index contributed by atoms with van der Waals surface area (Å²) in [4.78, 5) is 22.1. The van der Waals surface area contributed by atoms with E-state index in [2.05, 4.69) is 80.2 Å². The zero-order valence-electron chi connectivity index (χ0n) is 23.7. The van der Waals surface area contributed by atoms with Gasteiger partial charge in [-0.1, -0.05) is 27.7 Å². The average Bonchev–Trinajstić information content (AvgIpc) is 3.34. The van der Waals surface area contributed by atoms with Crippen molar-refractivity contribution in [1.29, 1.82) is 0 Å². The van der Waals surface area contributed by atoms with Gasteiger partial charge in [-0.3, -0.25) is 0 Å². The SMILES string of the molecule is CCC(CC)c1cc(N2CC(NC)C2)nc(N)n1.CCC(CC)c1cc(N2CC[C@@H](NC)C2)nc(N)n1. The molecule has 206 valence electrons. The van der Waals surface area contributed by atoms with Crippen molar-refractivity contribution in [3.8, 4) is 0 Å². The van der Waals surface area contributed by atoms with Crippen molar-refractivity contribution in [3.05, 3.63) is 23.5 Å². The van der Waals surface area contributed by atoms with E-state index in [-0.39, 0.29) is 0 Å². The predicted molar refractivity (Wildman–Crippen MR) is 154 cm³/mol. The molecule has 6 N–H and O–H groups in total. The molecule has 10 nitrogen and oxygen atoms in total. The van der Waals surface area contributed by atoms with Crippen molar-refractivity contribution < 1.29 is 0 Å². The normalized spacial score (nSPS) is 17.8. The molecular formula is C27H48N10. The number of hydrogen-bond donors (Lipinski definition) is 4. The minimum atomic E-state index is 0.391. The first-order valence-electron chi connectivity index (χ1n) is 14.0. The third-order valence-corrected chi connectivity index (χ3v) is 7.84. The maximum absolute atomic E-state index is 5.88. The summed E-state index contributed by atoms with van der Waals surface area (Å²) in [5.41, 5.74) is 13.9. The Morgan fingerprint density at radius 3 is 1.57 bits per heavy atom. The Hall–Kier alpha value is -2.72. The van der Waals surface area contributed by atoms with Crippen LogP contribution in [0.2, 0.25) is 0 Å². The topological polar surface area (TPSA) is 134 Å². The second-order valence-electron chi connectivity index (χ2n) is 10.2. The van der Waals surface area contributed by atoms with Gasteiger partial charge in [0.05, 0.1) is 11.4 Å². The van der Waals surface area contributed by atoms with Crippen LogP contribution in [0.1, 0.15) is 83.0 Å². The quantitative estimate of drug-likeness (QED) is 0.376. The molecule has 0 aromatic carbocycles. The second kappa shape index (κ2) is 13.7. The Morgan fingerprint density at radius 2 is 1.16 bits per heavy atom. The number of nitrogen functional groups attached to an aromatic ring is 2. The maximum atomic E-state index is 5.88. The number of rotatable bonds is 10. The number of hydrogen-bond acceptors (Lipinski definition) is 10. The van der Waals surface area contributed by atoms with Crippen molar-refractivity contribution >= 4 is 23.5 Å². The van der Waals surface area contributed by atoms with Crippen molar-refractivity contribution in [2.45, 2.75) is 83.7 Å². The van der Waals surface area contributed by atoms with Crippen LogP contribution in [0.5, 0.6) is 0 Å². The number of anilines is 4. The van der Waals surface area contributed by atoms with Crippen molar-refractivity contribution in [3.63, 3.8) is 0 Å². The highest BCUT2D eigenvalue weighted by Crippen LogP contribution is 2.28. The third kappa shape index (κ3) is 7.41. The van der Waals surface area contributed by atoms with Crippen LogP contribution in [0.15, 0.2) is 12.1 Å². The zero-order chi connectivity index (χ0) is 26.9. The highest BCUT2D eigenvalue weighted by atomic mass is 15.3. The molecule has 4 heterocycles. The minimum absolute atomic E-state index is 0.391. The summed E-state index contributed by atoms with van der Waals surface area (Å²) < 4.78 is 0. The molecule has 4 rings (SSSR count). The Balaban J connectivity index is 0.000000206. The van der Waals surface area contributed by atoms with Crippen LogP contribution >= 0.6 is 0 Å². The molecule has 10 heteroatoms. The molecule has 2 aliphatic rings. The van der Waals surface area contributed by atoms with E-state index in [9.17, 15) is 0 Å². The van der Waals surface area contributed by atoms with Crippen LogP contribution in [0.4, 0.5) is 23.5 Å². The molecule has 2 fully saturated rings. The fourth-order valence-corrected chi connectivity index (χ4v) is 5.15. The fraction of sp³-hybridized carbons (Fsp3) is 0.704. The number of nitrogens with two attached hydrogens (primary N) is 2. The number of aromatic nitrogens is 4. The molecule has 0 spiro atoms. The second-order valence-corrected chi connectivity index (χ2v) is 10.2. The van der Waals surface area contributed by atoms with E-state index >= 15 is 0 Å². The van der Waals surface area contributed by atoms with Gasteiger partial charge in [-0.05, 0) is 46.2 Å². The molecule has 0 bridgehead atoms. The molecule has 2 aliphatic heterocycles. The zero-order valence-corrected chi connectivity index (χ0v) is 23.7. The first-order chi connectivity index (χ1) is 17.8. The van der Waals surface area contributed by atoms with Crippen LogP contribution in [0, 0.1) is 0 Å². The summed E-state index contributed by atoms with van der Waals surface area (Å²) in [6.45, 7) is 12.8. The van der Waals surface area contributed by atoms with Crippen molar-refractivity contribution in [2.24, 2.45) is 0 Å². The van der Waals surface area contributed by atoms with E-state index < -0.39 is 0 Å². The van der Waals surface area contributed by atoms with Gasteiger partial charge in [-0.15, -0.1) is 0 Å². The van der Waals surface area contributed by atoms with E-state index in [0.717, 1.165) is 81.3 Å². The molecule has 2 aromatic rings. The molecule has 0 saturated carbocycles. The van der Waals surface area contributed by atoms with E-state index in [4.69, 9.17) is 11.5 Å². The Kier molecular flexibility index (Phi) is 10.7. The highest BCUT2D eigenvalue weighted by Gasteiger charge is 2.27. The number of nitrogens with zero attached hydrogens (tertiary/aromatic N) is 6. The highest BCUT2D eigenvalue weighted by molar-refractivity contribution is 5.47. The van der Waals surface area contributed by atoms with Gasteiger partial charge >= 0.3 is 0 Å².